The summed E-state index contributed by atoms with van der Waals surface area (Å²) in [5.74, 6) is -0.500. The van der Waals surface area contributed by atoms with Crippen LogP contribution in [0.5, 0.6) is 5.75 Å². The van der Waals surface area contributed by atoms with Crippen LogP contribution in [0.1, 0.15) is 23.2 Å². The van der Waals surface area contributed by atoms with E-state index in [2.05, 4.69) is 21.2 Å². The number of carboxylic acid groups (broad SMARTS) is 1. The van der Waals surface area contributed by atoms with Crippen LogP contribution in [0.2, 0.25) is 0 Å². The van der Waals surface area contributed by atoms with Crippen LogP contribution in [0.15, 0.2) is 22.7 Å². The maximum atomic E-state index is 11.0. The van der Waals surface area contributed by atoms with Gasteiger partial charge in [0.2, 0.25) is 5.91 Å². The van der Waals surface area contributed by atoms with Crippen molar-refractivity contribution in [2.75, 3.05) is 6.61 Å². The lowest BCUT2D eigenvalue weighted by Crippen LogP contribution is -2.30. The average molecular weight is 314 g/mol. The van der Waals surface area contributed by atoms with Crippen LogP contribution in [0.3, 0.4) is 0 Å². The minimum absolute atomic E-state index is 0.00196. The van der Waals surface area contributed by atoms with Crippen LogP contribution in [0.25, 0.3) is 0 Å². The molecular weight excluding hydrogens is 302 g/mol. The van der Waals surface area contributed by atoms with Crippen molar-refractivity contribution in [1.82, 2.24) is 5.32 Å². The lowest BCUT2D eigenvalue weighted by Gasteiger charge is -2.13. The second-order valence-electron chi connectivity index (χ2n) is 4.06. The lowest BCUT2D eigenvalue weighted by atomic mass is 10.2. The van der Waals surface area contributed by atoms with Crippen molar-refractivity contribution in [2.24, 2.45) is 0 Å². The SMILES string of the molecule is O=C1CCC(COc2cc(C(=O)O)ccc2Br)N1. The Balaban J connectivity index is 2.02. The normalized spacial score (nSPS) is 18.5. The molecule has 0 aromatic heterocycles. The maximum Gasteiger partial charge on any atom is 0.335 e. The molecule has 2 rings (SSSR count). The molecule has 1 aliphatic rings. The Hall–Kier alpha value is -1.56. The number of amides is 1. The zero-order valence-electron chi connectivity index (χ0n) is 9.48. The Morgan fingerprint density at radius 3 is 2.94 bits per heavy atom. The standard InChI is InChI=1S/C12H12BrNO4/c13-9-3-1-7(12(16)17)5-10(9)18-6-8-2-4-11(15)14-8/h1,3,5,8H,2,4,6H2,(H,14,15)(H,16,17). The van der Waals surface area contributed by atoms with E-state index < -0.39 is 5.97 Å². The highest BCUT2D eigenvalue weighted by Gasteiger charge is 2.21. The molecule has 1 aromatic rings. The monoisotopic (exact) mass is 313 g/mol. The Bertz CT molecular complexity index is 489. The van der Waals surface area contributed by atoms with E-state index in [9.17, 15) is 9.59 Å². The summed E-state index contributed by atoms with van der Waals surface area (Å²) < 4.78 is 6.23. The minimum atomic E-state index is -0.999. The van der Waals surface area contributed by atoms with Crippen molar-refractivity contribution in [3.05, 3.63) is 28.2 Å². The molecule has 1 aromatic carbocycles. The number of carboxylic acids is 1. The number of hydrogen-bond acceptors (Lipinski definition) is 3. The molecule has 1 heterocycles. The number of carbonyl (C=O) groups is 2. The third-order valence-electron chi connectivity index (χ3n) is 2.70. The molecule has 0 spiro atoms. The third kappa shape index (κ3) is 3.01. The first-order chi connectivity index (χ1) is 8.56. The molecular formula is C12H12BrNO4. The summed E-state index contributed by atoms with van der Waals surface area (Å²) in [5.41, 5.74) is 0.170. The Morgan fingerprint density at radius 1 is 1.56 bits per heavy atom. The van der Waals surface area contributed by atoms with Gasteiger partial charge in [-0.2, -0.15) is 0 Å². The van der Waals surface area contributed by atoms with Crippen molar-refractivity contribution < 1.29 is 19.4 Å². The average Bonchev–Trinajstić information content (AvgIpc) is 2.74. The van der Waals surface area contributed by atoms with Crippen LogP contribution in [0.4, 0.5) is 0 Å². The summed E-state index contributed by atoms with van der Waals surface area (Å²) in [6.45, 7) is 0.341. The van der Waals surface area contributed by atoms with Crippen LogP contribution in [-0.2, 0) is 4.79 Å². The van der Waals surface area contributed by atoms with E-state index in [1.807, 2.05) is 0 Å². The predicted molar refractivity (Wildman–Crippen MR) is 67.8 cm³/mol. The quantitative estimate of drug-likeness (QED) is 0.889. The van der Waals surface area contributed by atoms with E-state index in [4.69, 9.17) is 9.84 Å². The van der Waals surface area contributed by atoms with Gasteiger partial charge in [-0.15, -0.1) is 0 Å². The van der Waals surface area contributed by atoms with Crippen LogP contribution < -0.4 is 10.1 Å². The number of halogens is 1. The molecule has 1 fully saturated rings. The highest BCUT2D eigenvalue weighted by Crippen LogP contribution is 2.26. The fourth-order valence-electron chi connectivity index (χ4n) is 1.74. The second kappa shape index (κ2) is 5.39. The number of carbonyl (C=O) groups excluding carboxylic acids is 1. The molecule has 1 aliphatic heterocycles. The molecule has 96 valence electrons. The zero-order valence-corrected chi connectivity index (χ0v) is 11.1. The smallest absolute Gasteiger partial charge is 0.335 e. The van der Waals surface area contributed by atoms with Gasteiger partial charge in [-0.25, -0.2) is 4.79 Å². The van der Waals surface area contributed by atoms with E-state index >= 15 is 0 Å². The molecule has 2 N–H and O–H groups in total. The zero-order chi connectivity index (χ0) is 13.1. The van der Waals surface area contributed by atoms with Crippen molar-refractivity contribution in [2.45, 2.75) is 18.9 Å². The molecule has 0 saturated carbocycles. The van der Waals surface area contributed by atoms with E-state index in [0.29, 0.717) is 23.2 Å². The van der Waals surface area contributed by atoms with Gasteiger partial charge in [-0.3, -0.25) is 4.79 Å². The highest BCUT2D eigenvalue weighted by atomic mass is 79.9. The topological polar surface area (TPSA) is 75.6 Å². The molecule has 1 saturated heterocycles. The summed E-state index contributed by atoms with van der Waals surface area (Å²) in [5, 5.41) is 11.7. The van der Waals surface area contributed by atoms with Gasteiger partial charge in [0.05, 0.1) is 16.1 Å². The van der Waals surface area contributed by atoms with Crippen LogP contribution in [-0.4, -0.2) is 29.6 Å². The Labute approximate surface area is 112 Å². The van der Waals surface area contributed by atoms with Gasteiger partial charge in [0, 0.05) is 6.42 Å². The van der Waals surface area contributed by atoms with Crippen molar-refractivity contribution in [3.63, 3.8) is 0 Å². The van der Waals surface area contributed by atoms with Gasteiger partial charge in [0.15, 0.2) is 0 Å². The molecule has 6 heteroatoms. The first-order valence-electron chi connectivity index (χ1n) is 5.51. The molecule has 18 heavy (non-hydrogen) atoms. The Kier molecular flexibility index (Phi) is 3.86. The molecule has 0 aliphatic carbocycles. The number of benzene rings is 1. The first kappa shape index (κ1) is 12.9. The fraction of sp³-hybridized carbons (Fsp3) is 0.333. The lowest BCUT2D eigenvalue weighted by molar-refractivity contribution is -0.119. The number of ether oxygens (including phenoxy) is 1. The molecule has 0 radical (unpaired) electrons. The molecule has 1 atom stereocenters. The highest BCUT2D eigenvalue weighted by molar-refractivity contribution is 9.10. The Morgan fingerprint density at radius 2 is 2.33 bits per heavy atom. The number of rotatable bonds is 4. The van der Waals surface area contributed by atoms with Gasteiger partial charge in [0.1, 0.15) is 12.4 Å². The summed E-state index contributed by atoms with van der Waals surface area (Å²) >= 11 is 3.30. The minimum Gasteiger partial charge on any atom is -0.490 e. The van der Waals surface area contributed by atoms with Gasteiger partial charge >= 0.3 is 5.97 Å². The second-order valence-corrected chi connectivity index (χ2v) is 4.92. The number of nitrogens with one attached hydrogen (secondary N) is 1. The van der Waals surface area contributed by atoms with Crippen molar-refractivity contribution >= 4 is 27.8 Å². The molecule has 1 unspecified atom stereocenters. The maximum absolute atomic E-state index is 11.0. The molecule has 1 amide bonds. The van der Waals surface area contributed by atoms with Gasteiger partial charge in [0.25, 0.3) is 0 Å². The fourth-order valence-corrected chi connectivity index (χ4v) is 2.10. The van der Waals surface area contributed by atoms with Gasteiger partial charge < -0.3 is 15.2 Å². The summed E-state index contributed by atoms with van der Waals surface area (Å²) in [6, 6.07) is 4.59. The van der Waals surface area contributed by atoms with Gasteiger partial charge in [-0.05, 0) is 40.5 Å². The molecule has 0 bridgehead atoms. The summed E-state index contributed by atoms with van der Waals surface area (Å²) in [7, 11) is 0. The first-order valence-corrected chi connectivity index (χ1v) is 6.30. The van der Waals surface area contributed by atoms with E-state index in [-0.39, 0.29) is 17.5 Å². The van der Waals surface area contributed by atoms with Crippen LogP contribution >= 0.6 is 15.9 Å². The van der Waals surface area contributed by atoms with Crippen molar-refractivity contribution in [3.8, 4) is 5.75 Å². The summed E-state index contributed by atoms with van der Waals surface area (Å²) in [4.78, 5) is 21.9. The summed E-state index contributed by atoms with van der Waals surface area (Å²) in [6.07, 6.45) is 1.26. The third-order valence-corrected chi connectivity index (χ3v) is 3.36. The largest absolute Gasteiger partial charge is 0.490 e. The van der Waals surface area contributed by atoms with E-state index in [1.165, 1.54) is 12.1 Å². The number of hydrogen-bond donors (Lipinski definition) is 2. The van der Waals surface area contributed by atoms with Gasteiger partial charge in [-0.1, -0.05) is 0 Å². The van der Waals surface area contributed by atoms with E-state index in [1.54, 1.807) is 6.07 Å². The van der Waals surface area contributed by atoms with Crippen molar-refractivity contribution in [1.29, 1.82) is 0 Å². The number of aromatic carboxylic acids is 1. The molecule has 5 nitrogen and oxygen atoms in total. The van der Waals surface area contributed by atoms with Crippen LogP contribution in [0, 0.1) is 0 Å². The predicted octanol–water partition coefficient (Wildman–Crippen LogP) is 1.80. The van der Waals surface area contributed by atoms with E-state index in [0.717, 1.165) is 6.42 Å².